The van der Waals surface area contributed by atoms with E-state index >= 15 is 0 Å². The van der Waals surface area contributed by atoms with Gasteiger partial charge >= 0.3 is 35.8 Å². The molecule has 0 bridgehead atoms. The van der Waals surface area contributed by atoms with E-state index in [0.717, 1.165) is 29.2 Å². The SMILES string of the molecule is CC[C@H](C)[C@H](NC(=O)[C@H](CCC(=O)O)NC(=O)[C@H](CCC(=O)O)NC(=O)[C@H](Cc1ccccc1)NC(=O)[C@H](CC(=O)O)NC(=O)CN)C(=O)N1CCC[C@H]1C(=O)N[C@@H](CCC(=O)O)C(=O)N[C@@H](CCC(=O)O)C(=O)N[C@@H](Cc1ccc(OS(=O)(=O)[O-])cc1)C(=O)N[C@@H](CC(C)C)C(=O)N[C@@H](CCC(N)=O)C(=O)O. The molecule has 12 atom stereocenters. The summed E-state index contributed by atoms with van der Waals surface area (Å²) in [4.78, 5) is 239. The Morgan fingerprint density at radius 2 is 0.889 bits per heavy atom. The van der Waals surface area contributed by atoms with Crippen molar-refractivity contribution in [3.05, 3.63) is 65.7 Å². The van der Waals surface area contributed by atoms with Gasteiger partial charge in [-0.1, -0.05) is 76.6 Å². The molecular weight excluding hydrogens is 1450 g/mol. The lowest BCUT2D eigenvalue weighted by Gasteiger charge is -2.33. The van der Waals surface area contributed by atoms with Gasteiger partial charge in [0.1, 0.15) is 72.2 Å². The summed E-state index contributed by atoms with van der Waals surface area (Å²) in [5, 5.41) is 81.5. The van der Waals surface area contributed by atoms with Crippen LogP contribution in [-0.2, 0) is 110 Å². The van der Waals surface area contributed by atoms with Gasteiger partial charge in [0.25, 0.3) is 10.4 Å². The number of nitrogens with one attached hydrogen (secondary N) is 10. The van der Waals surface area contributed by atoms with Crippen molar-refractivity contribution in [2.75, 3.05) is 13.1 Å². The number of carboxylic acids is 6. The molecule has 596 valence electrons. The number of nitrogens with two attached hydrogens (primary N) is 2. The molecule has 3 rings (SSSR count). The van der Waals surface area contributed by atoms with Crippen LogP contribution in [0.25, 0.3) is 0 Å². The van der Waals surface area contributed by atoms with E-state index in [0.29, 0.717) is 5.56 Å². The van der Waals surface area contributed by atoms with E-state index in [9.17, 15) is 130 Å². The molecule has 0 aliphatic carbocycles. The first-order chi connectivity index (χ1) is 50.6. The summed E-state index contributed by atoms with van der Waals surface area (Å²) in [5.74, 6) is -24.6. The highest BCUT2D eigenvalue weighted by Gasteiger charge is 2.43. The van der Waals surface area contributed by atoms with E-state index in [1.165, 1.54) is 19.1 Å². The number of carboxylic acid groups (broad SMARTS) is 6. The van der Waals surface area contributed by atoms with Crippen LogP contribution in [0.5, 0.6) is 5.75 Å². The van der Waals surface area contributed by atoms with Gasteiger partial charge in [-0.3, -0.25) is 81.5 Å². The zero-order chi connectivity index (χ0) is 81.3. The Bertz CT molecular complexity index is 3700. The van der Waals surface area contributed by atoms with Crippen LogP contribution in [0.15, 0.2) is 54.6 Å². The second-order valence-corrected chi connectivity index (χ2v) is 26.7. The van der Waals surface area contributed by atoms with Crippen molar-refractivity contribution >= 4 is 117 Å². The molecule has 41 nitrogen and oxygen atoms in total. The van der Waals surface area contributed by atoms with E-state index in [-0.39, 0.29) is 44.2 Å². The van der Waals surface area contributed by atoms with Gasteiger partial charge in [-0.2, -0.15) is 0 Å². The van der Waals surface area contributed by atoms with Crippen LogP contribution in [-0.4, -0.2) is 235 Å². The minimum atomic E-state index is -5.29. The van der Waals surface area contributed by atoms with E-state index in [4.69, 9.17) is 11.5 Å². The minimum Gasteiger partial charge on any atom is -0.716 e. The Hall–Kier alpha value is -11.4. The molecule has 42 heteroatoms. The molecule has 2 aromatic rings. The molecule has 0 aromatic heterocycles. The number of amides is 12. The molecule has 0 spiro atoms. The molecule has 12 amide bonds. The van der Waals surface area contributed by atoms with Gasteiger partial charge in [0.15, 0.2) is 0 Å². The van der Waals surface area contributed by atoms with Crippen molar-refractivity contribution in [2.24, 2.45) is 23.3 Å². The third-order valence-electron chi connectivity index (χ3n) is 16.7. The second-order valence-electron chi connectivity index (χ2n) is 25.7. The predicted octanol–water partition coefficient (Wildman–Crippen LogP) is -4.52. The number of primary amides is 1. The second kappa shape index (κ2) is 44.5. The van der Waals surface area contributed by atoms with Crippen LogP contribution < -0.4 is 68.8 Å². The number of carbonyl (C=O) groups excluding carboxylic acids is 12. The lowest BCUT2D eigenvalue weighted by atomic mass is 9.96. The predicted molar refractivity (Wildman–Crippen MR) is 368 cm³/mol. The smallest absolute Gasteiger partial charge is 0.326 e. The van der Waals surface area contributed by atoms with Crippen LogP contribution in [0, 0.1) is 11.8 Å². The summed E-state index contributed by atoms with van der Waals surface area (Å²) in [6.45, 7) is 5.46. The number of hydrogen-bond donors (Lipinski definition) is 18. The van der Waals surface area contributed by atoms with Gasteiger partial charge in [-0.05, 0) is 86.5 Å². The average molecular weight is 1550 g/mol. The van der Waals surface area contributed by atoms with Crippen molar-refractivity contribution in [1.82, 2.24) is 58.1 Å². The Morgan fingerprint density at radius 3 is 1.30 bits per heavy atom. The highest BCUT2D eigenvalue weighted by molar-refractivity contribution is 7.81. The maximum absolute atomic E-state index is 14.9. The first kappa shape index (κ1) is 90.8. The van der Waals surface area contributed by atoms with Crippen LogP contribution in [0.2, 0.25) is 0 Å². The Kier molecular flexibility index (Phi) is 37.4. The standard InChI is InChI=1S/C66H93N13O28S/c1-5-34(4)55(78-59(95)41(21-26-53(88)89)71-56(92)38(18-23-50(82)83)72-61(97)44(29-35-10-7-6-8-11-35)77-63(99)46(31-54(90)91)69-49(81)32-67)65(101)79-27-9-12-47(79)64(100)73-40(20-25-52(86)87)57(93)70-39(19-24-51(84)85)58(94)76-45(30-36-13-15-37(16-14-36)107-108(104,105)106)62(98)75-43(28-33(2)3)60(96)74-42(66(102)103)17-22-48(68)80/h6-8,10-11,13-16,33-34,38-47,55H,5,9,12,17-32,67H2,1-4H3,(H2,68,80)(H,69,81)(H,70,93)(H,71,92)(H,72,97)(H,73,100)(H,74,96)(H,75,98)(H,76,94)(H,77,99)(H,78,95)(H,82,83)(H,84,85)(H,86,87)(H,88,89)(H,90,91)(H,102,103)(H,104,105,106)/p-1/t34-,38-,39-,40-,41-,42-,43-,44-,45-,46-,47-,55-/m0/s1. The third kappa shape index (κ3) is 32.9. The van der Waals surface area contributed by atoms with Crippen LogP contribution in [0.3, 0.4) is 0 Å². The molecule has 1 aliphatic heterocycles. The fraction of sp³-hybridized carbons (Fsp3) is 0.545. The number of likely N-dealkylation sites (tertiary alicyclic amines) is 1. The first-order valence-electron chi connectivity index (χ1n) is 34.0. The summed E-state index contributed by atoms with van der Waals surface area (Å²) in [5.41, 5.74) is 11.0. The number of benzene rings is 2. The Balaban J connectivity index is 2.02. The summed E-state index contributed by atoms with van der Waals surface area (Å²) < 4.78 is 38.3. The number of aliphatic carboxylic acids is 6. The van der Waals surface area contributed by atoms with Gasteiger partial charge in [-0.25, -0.2) is 13.2 Å². The zero-order valence-electron chi connectivity index (χ0n) is 59.3. The van der Waals surface area contributed by atoms with Gasteiger partial charge in [0.2, 0.25) is 70.9 Å². The monoisotopic (exact) mass is 1550 g/mol. The lowest BCUT2D eigenvalue weighted by Crippen LogP contribution is -2.61. The molecule has 1 saturated heterocycles. The molecule has 20 N–H and O–H groups in total. The summed E-state index contributed by atoms with van der Waals surface area (Å²) in [7, 11) is -5.29. The maximum atomic E-state index is 14.9. The van der Waals surface area contributed by atoms with Crippen molar-refractivity contribution < 1.29 is 134 Å². The van der Waals surface area contributed by atoms with E-state index in [2.05, 4.69) is 57.4 Å². The van der Waals surface area contributed by atoms with Gasteiger partial charge in [0, 0.05) is 51.5 Å². The minimum absolute atomic E-state index is 0.0796. The number of hydrogen-bond acceptors (Lipinski definition) is 23. The maximum Gasteiger partial charge on any atom is 0.326 e. The van der Waals surface area contributed by atoms with Crippen molar-refractivity contribution in [2.45, 2.75) is 203 Å². The fourth-order valence-electron chi connectivity index (χ4n) is 10.9. The molecular formula is C66H92N13O28S-. The highest BCUT2D eigenvalue weighted by atomic mass is 32.3. The van der Waals surface area contributed by atoms with E-state index in [1.54, 1.807) is 39.0 Å². The third-order valence-corrected chi connectivity index (χ3v) is 17.1. The summed E-state index contributed by atoms with van der Waals surface area (Å²) in [6.07, 6.45) is -9.31. The fourth-order valence-corrected chi connectivity index (χ4v) is 11.3. The summed E-state index contributed by atoms with van der Waals surface area (Å²) in [6, 6.07) is -7.31. The van der Waals surface area contributed by atoms with Crippen molar-refractivity contribution in [3.63, 3.8) is 0 Å². The van der Waals surface area contributed by atoms with Crippen LogP contribution in [0.4, 0.5) is 0 Å². The first-order valence-corrected chi connectivity index (χ1v) is 35.4. The summed E-state index contributed by atoms with van der Waals surface area (Å²) >= 11 is 0. The van der Waals surface area contributed by atoms with Crippen LogP contribution >= 0.6 is 0 Å². The molecule has 0 unspecified atom stereocenters. The van der Waals surface area contributed by atoms with Crippen LogP contribution in [0.1, 0.15) is 135 Å². The molecule has 1 heterocycles. The molecule has 1 fully saturated rings. The molecule has 108 heavy (non-hydrogen) atoms. The largest absolute Gasteiger partial charge is 0.716 e. The quantitative estimate of drug-likeness (QED) is 0.0219. The lowest BCUT2D eigenvalue weighted by molar-refractivity contribution is -0.144. The Morgan fingerprint density at radius 1 is 0.500 bits per heavy atom. The molecule has 2 aromatic carbocycles. The van der Waals surface area contributed by atoms with E-state index in [1.807, 2.05) is 0 Å². The Labute approximate surface area is 618 Å². The van der Waals surface area contributed by atoms with Gasteiger partial charge in [0.05, 0.1) is 13.0 Å². The highest BCUT2D eigenvalue weighted by Crippen LogP contribution is 2.24. The molecule has 1 aliphatic rings. The van der Waals surface area contributed by atoms with Gasteiger partial charge in [-0.15, -0.1) is 0 Å². The number of carbonyl (C=O) groups is 18. The number of nitrogens with zero attached hydrogens (tertiary/aromatic N) is 1. The molecule has 0 saturated carbocycles. The van der Waals surface area contributed by atoms with Gasteiger partial charge < -0.3 is 109 Å². The molecule has 0 radical (unpaired) electrons. The van der Waals surface area contributed by atoms with Crippen molar-refractivity contribution in [3.8, 4) is 5.75 Å². The van der Waals surface area contributed by atoms with E-state index < -0.39 is 285 Å². The number of rotatable bonds is 49. The average Bonchev–Trinajstić information content (AvgIpc) is 1.60. The zero-order valence-corrected chi connectivity index (χ0v) is 60.1. The normalized spacial score (nSPS) is 15.6. The van der Waals surface area contributed by atoms with Crippen molar-refractivity contribution in [1.29, 1.82) is 0 Å². The topological polar surface area (TPSA) is 671 Å².